The number of nitrogens with zero attached hydrogens (tertiary/aromatic N) is 1. The van der Waals surface area contributed by atoms with Crippen LogP contribution in [0.1, 0.15) is 5.56 Å². The molecule has 0 atom stereocenters. The summed E-state index contributed by atoms with van der Waals surface area (Å²) in [7, 11) is 2.85. The number of amides is 1. The van der Waals surface area contributed by atoms with Crippen molar-refractivity contribution >= 4 is 29.3 Å². The Morgan fingerprint density at radius 1 is 1.56 bits per heavy atom. The highest BCUT2D eigenvalue weighted by atomic mass is 32.1. The molecular formula is C11H13NO3S. The van der Waals surface area contributed by atoms with Gasteiger partial charge in [0.2, 0.25) is 5.91 Å². The second-order valence-corrected chi connectivity index (χ2v) is 3.94. The zero-order chi connectivity index (χ0) is 12.0. The van der Waals surface area contributed by atoms with Gasteiger partial charge in [0.15, 0.2) is 0 Å². The Balaban J connectivity index is 2.49. The Morgan fingerprint density at radius 2 is 2.31 bits per heavy atom. The summed E-state index contributed by atoms with van der Waals surface area (Å²) >= 11 is 1.56. The molecule has 0 radical (unpaired) electrons. The average molecular weight is 239 g/mol. The third-order valence-electron chi connectivity index (χ3n) is 1.93. The highest BCUT2D eigenvalue weighted by molar-refractivity contribution is 7.08. The molecule has 1 aromatic heterocycles. The highest BCUT2D eigenvalue weighted by Crippen LogP contribution is 2.07. The summed E-state index contributed by atoms with van der Waals surface area (Å²) < 4.78 is 4.47. The first-order valence-corrected chi connectivity index (χ1v) is 5.60. The van der Waals surface area contributed by atoms with Crippen LogP contribution in [0.25, 0.3) is 6.08 Å². The fourth-order valence-electron chi connectivity index (χ4n) is 1.00. The van der Waals surface area contributed by atoms with Crippen molar-refractivity contribution in [1.29, 1.82) is 0 Å². The van der Waals surface area contributed by atoms with E-state index in [2.05, 4.69) is 4.74 Å². The molecule has 0 spiro atoms. The van der Waals surface area contributed by atoms with Gasteiger partial charge in [-0.05, 0) is 28.5 Å². The molecule has 16 heavy (non-hydrogen) atoms. The molecular weight excluding hydrogens is 226 g/mol. The summed E-state index contributed by atoms with van der Waals surface area (Å²) in [5, 5.41) is 3.87. The molecule has 1 rings (SSSR count). The summed E-state index contributed by atoms with van der Waals surface area (Å²) in [5.74, 6) is -0.656. The first-order valence-electron chi connectivity index (χ1n) is 4.65. The number of hydrogen-bond donors (Lipinski definition) is 0. The SMILES string of the molecule is COC(=O)CN(C)C(=O)/C=C/c1ccsc1. The summed E-state index contributed by atoms with van der Waals surface area (Å²) in [6.45, 7) is -0.0384. The van der Waals surface area contributed by atoms with Gasteiger partial charge >= 0.3 is 5.97 Å². The number of ether oxygens (including phenoxy) is 1. The van der Waals surface area contributed by atoms with Crippen LogP contribution in [0.15, 0.2) is 22.9 Å². The van der Waals surface area contributed by atoms with Crippen molar-refractivity contribution in [2.45, 2.75) is 0 Å². The highest BCUT2D eigenvalue weighted by Gasteiger charge is 2.09. The van der Waals surface area contributed by atoms with E-state index in [-0.39, 0.29) is 12.5 Å². The van der Waals surface area contributed by atoms with Crippen molar-refractivity contribution in [2.75, 3.05) is 20.7 Å². The quantitative estimate of drug-likeness (QED) is 0.589. The van der Waals surface area contributed by atoms with Gasteiger partial charge in [-0.25, -0.2) is 0 Å². The lowest BCUT2D eigenvalue weighted by atomic mass is 10.3. The maximum atomic E-state index is 11.5. The van der Waals surface area contributed by atoms with Gasteiger partial charge < -0.3 is 9.64 Å². The zero-order valence-electron chi connectivity index (χ0n) is 9.17. The fourth-order valence-corrected chi connectivity index (χ4v) is 1.63. The molecule has 0 aromatic carbocycles. The van der Waals surface area contributed by atoms with Crippen LogP contribution in [0.4, 0.5) is 0 Å². The molecule has 1 amide bonds. The number of hydrogen-bond acceptors (Lipinski definition) is 4. The Kier molecular flexibility index (Phi) is 4.72. The van der Waals surface area contributed by atoms with Gasteiger partial charge in [0.05, 0.1) is 7.11 Å². The molecule has 1 aromatic rings. The molecule has 0 bridgehead atoms. The topological polar surface area (TPSA) is 46.6 Å². The minimum atomic E-state index is -0.431. The van der Waals surface area contributed by atoms with E-state index in [9.17, 15) is 9.59 Å². The number of carbonyl (C=O) groups excluding carboxylic acids is 2. The van der Waals surface area contributed by atoms with Gasteiger partial charge in [-0.3, -0.25) is 9.59 Å². The van der Waals surface area contributed by atoms with Crippen LogP contribution in [-0.2, 0) is 14.3 Å². The first-order chi connectivity index (χ1) is 7.63. The van der Waals surface area contributed by atoms with Gasteiger partial charge in [0, 0.05) is 13.1 Å². The maximum absolute atomic E-state index is 11.5. The molecule has 0 saturated carbocycles. The summed E-state index contributed by atoms with van der Waals surface area (Å²) in [6, 6.07) is 1.91. The molecule has 0 N–H and O–H groups in total. The predicted molar refractivity (Wildman–Crippen MR) is 63.0 cm³/mol. The predicted octanol–water partition coefficient (Wildman–Crippen LogP) is 1.39. The largest absolute Gasteiger partial charge is 0.468 e. The Morgan fingerprint density at radius 3 is 2.88 bits per heavy atom. The van der Waals surface area contributed by atoms with Crippen LogP contribution < -0.4 is 0 Å². The lowest BCUT2D eigenvalue weighted by Gasteiger charge is -2.12. The second kappa shape index (κ2) is 6.07. The number of rotatable bonds is 4. The average Bonchev–Trinajstić information content (AvgIpc) is 2.78. The lowest BCUT2D eigenvalue weighted by Crippen LogP contribution is -2.31. The molecule has 0 unspecified atom stereocenters. The molecule has 0 aliphatic rings. The summed E-state index contributed by atoms with van der Waals surface area (Å²) in [5.41, 5.74) is 0.977. The van der Waals surface area contributed by atoms with Crippen molar-refractivity contribution in [3.63, 3.8) is 0 Å². The third kappa shape index (κ3) is 3.86. The van der Waals surface area contributed by atoms with E-state index in [1.54, 1.807) is 24.5 Å². The number of thiophene rings is 1. The molecule has 5 heteroatoms. The van der Waals surface area contributed by atoms with Gasteiger partial charge in [0.1, 0.15) is 6.54 Å². The number of carbonyl (C=O) groups is 2. The number of likely N-dealkylation sites (N-methyl/N-ethyl adjacent to an activating group) is 1. The number of esters is 1. The van der Waals surface area contributed by atoms with Crippen LogP contribution in [0.3, 0.4) is 0 Å². The Hall–Kier alpha value is -1.62. The van der Waals surface area contributed by atoms with Crippen molar-refractivity contribution < 1.29 is 14.3 Å². The zero-order valence-corrected chi connectivity index (χ0v) is 9.99. The van der Waals surface area contributed by atoms with Crippen LogP contribution in [-0.4, -0.2) is 37.5 Å². The van der Waals surface area contributed by atoms with Crippen LogP contribution in [0.5, 0.6) is 0 Å². The molecule has 1 heterocycles. The Labute approximate surface area is 98.1 Å². The summed E-state index contributed by atoms with van der Waals surface area (Å²) in [4.78, 5) is 23.7. The molecule has 0 fully saturated rings. The Bertz CT molecular complexity index is 384. The molecule has 0 saturated heterocycles. The van der Waals surface area contributed by atoms with Crippen molar-refractivity contribution in [3.05, 3.63) is 28.5 Å². The van der Waals surface area contributed by atoms with Crippen LogP contribution >= 0.6 is 11.3 Å². The van der Waals surface area contributed by atoms with Crippen molar-refractivity contribution in [1.82, 2.24) is 4.90 Å². The molecule has 0 aliphatic carbocycles. The van der Waals surface area contributed by atoms with Crippen LogP contribution in [0.2, 0.25) is 0 Å². The lowest BCUT2D eigenvalue weighted by molar-refractivity contribution is -0.144. The third-order valence-corrected chi connectivity index (χ3v) is 2.63. The molecule has 86 valence electrons. The molecule has 0 aliphatic heterocycles. The van der Waals surface area contributed by atoms with Gasteiger partial charge in [-0.15, -0.1) is 0 Å². The minimum absolute atomic E-state index is 0.0384. The van der Waals surface area contributed by atoms with Crippen molar-refractivity contribution in [3.8, 4) is 0 Å². The van der Waals surface area contributed by atoms with E-state index in [4.69, 9.17) is 0 Å². The second-order valence-electron chi connectivity index (χ2n) is 3.16. The monoisotopic (exact) mass is 239 g/mol. The van der Waals surface area contributed by atoms with Gasteiger partial charge in [0.25, 0.3) is 0 Å². The van der Waals surface area contributed by atoms with Crippen molar-refractivity contribution in [2.24, 2.45) is 0 Å². The fraction of sp³-hybridized carbons (Fsp3) is 0.273. The maximum Gasteiger partial charge on any atom is 0.325 e. The van der Waals surface area contributed by atoms with Gasteiger partial charge in [-0.2, -0.15) is 11.3 Å². The van der Waals surface area contributed by atoms with E-state index >= 15 is 0 Å². The minimum Gasteiger partial charge on any atom is -0.468 e. The summed E-state index contributed by atoms with van der Waals surface area (Å²) in [6.07, 6.45) is 3.15. The molecule has 4 nitrogen and oxygen atoms in total. The first kappa shape index (κ1) is 12.4. The van der Waals surface area contributed by atoms with E-state index in [0.29, 0.717) is 0 Å². The standard InChI is InChI=1S/C11H13NO3S/c1-12(7-11(14)15-2)10(13)4-3-9-5-6-16-8-9/h3-6,8H,7H2,1-2H3/b4-3+. The van der Waals surface area contributed by atoms with E-state index in [1.165, 1.54) is 18.1 Å². The normalized spacial score (nSPS) is 10.4. The van der Waals surface area contributed by atoms with E-state index < -0.39 is 5.97 Å². The number of methoxy groups -OCH3 is 1. The van der Waals surface area contributed by atoms with E-state index in [1.807, 2.05) is 16.8 Å². The smallest absolute Gasteiger partial charge is 0.325 e. The van der Waals surface area contributed by atoms with E-state index in [0.717, 1.165) is 5.56 Å². The van der Waals surface area contributed by atoms with Crippen LogP contribution in [0, 0.1) is 0 Å². The van der Waals surface area contributed by atoms with Gasteiger partial charge in [-0.1, -0.05) is 0 Å².